The predicted octanol–water partition coefficient (Wildman–Crippen LogP) is -0.886. The maximum Gasteiger partial charge on any atom is 0.152 e. The van der Waals surface area contributed by atoms with Crippen LogP contribution in [0.4, 0.5) is 0 Å². The van der Waals surface area contributed by atoms with Crippen LogP contribution in [-0.2, 0) is 14.6 Å². The Bertz CT molecular complexity index is 258. The van der Waals surface area contributed by atoms with Crippen molar-refractivity contribution in [3.8, 4) is 0 Å². The van der Waals surface area contributed by atoms with E-state index in [1.54, 1.807) is 7.11 Å². The zero-order valence-corrected chi connectivity index (χ0v) is 9.87. The van der Waals surface area contributed by atoms with Gasteiger partial charge in [-0.1, -0.05) is 0 Å². The highest BCUT2D eigenvalue weighted by Crippen LogP contribution is 2.10. The molecular weight excluding hydrogens is 218 g/mol. The molecular formula is C9H19NO4S. The monoisotopic (exact) mass is 237 g/mol. The second-order valence-electron chi connectivity index (χ2n) is 3.81. The van der Waals surface area contributed by atoms with Crippen LogP contribution in [0.1, 0.15) is 6.42 Å². The lowest BCUT2D eigenvalue weighted by Crippen LogP contribution is -2.48. The molecule has 90 valence electrons. The van der Waals surface area contributed by atoms with Crippen molar-refractivity contribution < 1.29 is 18.3 Å². The largest absolute Gasteiger partial charge is 0.396 e. The molecule has 0 aromatic rings. The van der Waals surface area contributed by atoms with Crippen LogP contribution < -0.4 is 0 Å². The summed E-state index contributed by atoms with van der Waals surface area (Å²) in [6.45, 7) is 1.75. The van der Waals surface area contributed by atoms with Crippen molar-refractivity contribution in [1.82, 2.24) is 4.90 Å². The molecule has 1 rings (SSSR count). The molecule has 0 bridgehead atoms. The lowest BCUT2D eigenvalue weighted by molar-refractivity contribution is 0.0782. The predicted molar refractivity (Wildman–Crippen MR) is 57.6 cm³/mol. The molecule has 5 nitrogen and oxygen atoms in total. The number of sulfone groups is 1. The van der Waals surface area contributed by atoms with E-state index >= 15 is 0 Å². The molecule has 1 fully saturated rings. The normalized spacial score (nSPS) is 23.9. The van der Waals surface area contributed by atoms with E-state index in [9.17, 15) is 8.42 Å². The third-order valence-corrected chi connectivity index (χ3v) is 4.33. The van der Waals surface area contributed by atoms with E-state index in [2.05, 4.69) is 4.90 Å². The molecule has 1 aliphatic rings. The number of methoxy groups -OCH3 is 1. The molecule has 1 aliphatic heterocycles. The summed E-state index contributed by atoms with van der Waals surface area (Å²) in [5.41, 5.74) is 0. The number of nitrogens with zero attached hydrogens (tertiary/aromatic N) is 1. The molecule has 0 saturated carbocycles. The zero-order valence-electron chi connectivity index (χ0n) is 9.05. The summed E-state index contributed by atoms with van der Waals surface area (Å²) in [7, 11) is -1.21. The van der Waals surface area contributed by atoms with Gasteiger partial charge in [0.1, 0.15) is 0 Å². The summed E-state index contributed by atoms with van der Waals surface area (Å²) in [6.07, 6.45) is 0.633. The standard InChI is InChI=1S/C9H19NO4S/c1-14-8-9(2-5-11)10-3-6-15(12,13)7-4-10/h9,11H,2-8H2,1H3. The van der Waals surface area contributed by atoms with E-state index in [4.69, 9.17) is 9.84 Å². The van der Waals surface area contributed by atoms with E-state index in [1.807, 2.05) is 0 Å². The van der Waals surface area contributed by atoms with Crippen LogP contribution in [0.2, 0.25) is 0 Å². The maximum absolute atomic E-state index is 11.2. The minimum absolute atomic E-state index is 0.108. The Hall–Kier alpha value is -0.170. The minimum Gasteiger partial charge on any atom is -0.396 e. The summed E-state index contributed by atoms with van der Waals surface area (Å²) < 4.78 is 27.5. The van der Waals surface area contributed by atoms with E-state index in [-0.39, 0.29) is 24.2 Å². The second-order valence-corrected chi connectivity index (χ2v) is 6.11. The fraction of sp³-hybridized carbons (Fsp3) is 1.00. The Morgan fingerprint density at radius 3 is 2.47 bits per heavy atom. The number of hydrogen-bond donors (Lipinski definition) is 1. The SMILES string of the molecule is COCC(CCO)N1CCS(=O)(=O)CC1. The highest BCUT2D eigenvalue weighted by atomic mass is 32.2. The molecule has 1 saturated heterocycles. The van der Waals surface area contributed by atoms with Gasteiger partial charge in [-0.2, -0.15) is 0 Å². The van der Waals surface area contributed by atoms with Gasteiger partial charge < -0.3 is 9.84 Å². The van der Waals surface area contributed by atoms with E-state index < -0.39 is 9.84 Å². The van der Waals surface area contributed by atoms with Gasteiger partial charge in [0.2, 0.25) is 0 Å². The molecule has 0 aliphatic carbocycles. The van der Waals surface area contributed by atoms with Crippen molar-refractivity contribution in [2.45, 2.75) is 12.5 Å². The Balaban J connectivity index is 2.48. The van der Waals surface area contributed by atoms with Gasteiger partial charge in [0.25, 0.3) is 0 Å². The van der Waals surface area contributed by atoms with Crippen LogP contribution in [0.15, 0.2) is 0 Å². The first-order chi connectivity index (χ1) is 7.09. The van der Waals surface area contributed by atoms with Crippen molar-refractivity contribution in [2.75, 3.05) is 44.9 Å². The van der Waals surface area contributed by atoms with Gasteiger partial charge in [-0.25, -0.2) is 8.42 Å². The van der Waals surface area contributed by atoms with E-state index in [0.717, 1.165) is 0 Å². The second kappa shape index (κ2) is 5.79. The number of rotatable bonds is 5. The zero-order chi connectivity index (χ0) is 11.3. The molecule has 1 atom stereocenters. The number of ether oxygens (including phenoxy) is 1. The number of aliphatic hydroxyl groups excluding tert-OH is 1. The van der Waals surface area contributed by atoms with Crippen LogP contribution >= 0.6 is 0 Å². The highest BCUT2D eigenvalue weighted by Gasteiger charge is 2.26. The summed E-state index contributed by atoms with van der Waals surface area (Å²) in [5.74, 6) is 0.442. The average Bonchev–Trinajstić information content (AvgIpc) is 2.18. The van der Waals surface area contributed by atoms with Gasteiger partial charge in [-0.3, -0.25) is 4.90 Å². The highest BCUT2D eigenvalue weighted by molar-refractivity contribution is 7.91. The maximum atomic E-state index is 11.2. The third kappa shape index (κ3) is 4.06. The molecule has 0 aromatic heterocycles. The van der Waals surface area contributed by atoms with Gasteiger partial charge in [-0.05, 0) is 6.42 Å². The Kier molecular flexibility index (Phi) is 4.98. The average molecular weight is 237 g/mol. The molecule has 0 aromatic carbocycles. The molecule has 0 amide bonds. The van der Waals surface area contributed by atoms with Gasteiger partial charge in [0, 0.05) is 32.8 Å². The van der Waals surface area contributed by atoms with Crippen LogP contribution in [-0.4, -0.2) is 69.4 Å². The van der Waals surface area contributed by atoms with Crippen molar-refractivity contribution >= 4 is 9.84 Å². The molecule has 15 heavy (non-hydrogen) atoms. The van der Waals surface area contributed by atoms with E-state index in [0.29, 0.717) is 26.1 Å². The molecule has 0 radical (unpaired) electrons. The molecule has 1 heterocycles. The summed E-state index contributed by atoms with van der Waals surface area (Å²) in [6, 6.07) is 0.135. The summed E-state index contributed by atoms with van der Waals surface area (Å²) in [4.78, 5) is 2.08. The fourth-order valence-corrected chi connectivity index (χ4v) is 3.03. The van der Waals surface area contributed by atoms with Crippen molar-refractivity contribution in [3.05, 3.63) is 0 Å². The van der Waals surface area contributed by atoms with Crippen molar-refractivity contribution in [1.29, 1.82) is 0 Å². The smallest absolute Gasteiger partial charge is 0.152 e. The van der Waals surface area contributed by atoms with Crippen LogP contribution in [0, 0.1) is 0 Å². The Morgan fingerprint density at radius 2 is 2.00 bits per heavy atom. The van der Waals surface area contributed by atoms with Gasteiger partial charge in [-0.15, -0.1) is 0 Å². The van der Waals surface area contributed by atoms with Crippen LogP contribution in [0.25, 0.3) is 0 Å². The van der Waals surface area contributed by atoms with Crippen molar-refractivity contribution in [3.63, 3.8) is 0 Å². The molecule has 1 N–H and O–H groups in total. The first-order valence-electron chi connectivity index (χ1n) is 5.13. The topological polar surface area (TPSA) is 66.8 Å². The molecule has 0 spiro atoms. The summed E-state index contributed by atoms with van der Waals surface area (Å²) in [5, 5.41) is 8.90. The minimum atomic E-state index is -2.82. The Labute approximate surface area is 90.9 Å². The molecule has 6 heteroatoms. The molecule has 1 unspecified atom stereocenters. The number of hydrogen-bond acceptors (Lipinski definition) is 5. The van der Waals surface area contributed by atoms with Gasteiger partial charge in [0.15, 0.2) is 9.84 Å². The van der Waals surface area contributed by atoms with Crippen LogP contribution in [0.3, 0.4) is 0 Å². The lowest BCUT2D eigenvalue weighted by Gasteiger charge is -2.33. The quantitative estimate of drug-likeness (QED) is 0.672. The lowest BCUT2D eigenvalue weighted by atomic mass is 10.2. The number of aliphatic hydroxyl groups is 1. The summed E-state index contributed by atoms with van der Waals surface area (Å²) >= 11 is 0. The first kappa shape index (κ1) is 12.9. The van der Waals surface area contributed by atoms with Crippen molar-refractivity contribution in [2.24, 2.45) is 0 Å². The Morgan fingerprint density at radius 1 is 1.40 bits per heavy atom. The third-order valence-electron chi connectivity index (χ3n) is 2.72. The van der Waals surface area contributed by atoms with E-state index in [1.165, 1.54) is 0 Å². The van der Waals surface area contributed by atoms with Gasteiger partial charge >= 0.3 is 0 Å². The van der Waals surface area contributed by atoms with Crippen LogP contribution in [0.5, 0.6) is 0 Å². The first-order valence-corrected chi connectivity index (χ1v) is 6.95. The fourth-order valence-electron chi connectivity index (χ4n) is 1.80. The van der Waals surface area contributed by atoms with Gasteiger partial charge in [0.05, 0.1) is 18.1 Å².